The standard InChI is InChI=1S/C35H30NO.C30H32NSi.Ir/c1-22-10-6-8-12-27(22)25-18-30(28-13-9-7-11-23(28)2)34-29-15-14-24(19-32(29)37-33(34)20-25)31-21-26(16-17-36-31)35(3,4)5;1-22(2)18-26-20-29(31-21-30(26)32(3,4)5)25-16-17-27(23-12-8-6-9-13-23)28(19-25)24-14-10-7-11-15-24;/h6-18,20-21H,1-5H3;6-15,17,19-22H,18H2,1-5H3;/q2*-1;. The minimum Gasteiger partial charge on any atom is -0.476 e. The Morgan fingerprint density at radius 1 is 0.586 bits per heavy atom. The Bertz CT molecular complexity index is 3430. The van der Waals surface area contributed by atoms with E-state index in [2.05, 4.69) is 255 Å². The van der Waals surface area contributed by atoms with E-state index >= 15 is 0 Å². The van der Waals surface area contributed by atoms with Crippen molar-refractivity contribution in [2.45, 2.75) is 79.9 Å². The Labute approximate surface area is 430 Å². The molecule has 0 fully saturated rings. The third-order valence-corrected chi connectivity index (χ3v) is 15.2. The molecule has 7 aromatic carbocycles. The molecule has 0 bridgehead atoms. The van der Waals surface area contributed by atoms with Crippen LogP contribution in [0.1, 0.15) is 56.9 Å². The quantitative estimate of drug-likeness (QED) is 0.107. The topological polar surface area (TPSA) is 38.9 Å². The van der Waals surface area contributed by atoms with E-state index < -0.39 is 8.07 Å². The van der Waals surface area contributed by atoms with Gasteiger partial charge in [-0.05, 0) is 116 Å². The molecule has 0 amide bonds. The summed E-state index contributed by atoms with van der Waals surface area (Å²) in [5.41, 5.74) is 20.4. The van der Waals surface area contributed by atoms with Crippen molar-refractivity contribution in [3.63, 3.8) is 0 Å². The van der Waals surface area contributed by atoms with Crippen LogP contribution in [-0.2, 0) is 31.9 Å². The summed E-state index contributed by atoms with van der Waals surface area (Å²) >= 11 is 0. The second-order valence-corrected chi connectivity index (χ2v) is 25.9. The van der Waals surface area contributed by atoms with E-state index in [0.717, 1.165) is 56.4 Å². The van der Waals surface area contributed by atoms with Crippen molar-refractivity contribution in [3.05, 3.63) is 211 Å². The van der Waals surface area contributed by atoms with Gasteiger partial charge in [-0.15, -0.1) is 41.5 Å². The molecule has 0 aliphatic rings. The Morgan fingerprint density at radius 2 is 1.20 bits per heavy atom. The Balaban J connectivity index is 0.000000188. The van der Waals surface area contributed by atoms with Crippen molar-refractivity contribution in [2.75, 3.05) is 0 Å². The van der Waals surface area contributed by atoms with Gasteiger partial charge in [0.25, 0.3) is 0 Å². The Hall–Kier alpha value is -6.49. The molecule has 0 spiro atoms. The van der Waals surface area contributed by atoms with E-state index in [9.17, 15) is 0 Å². The van der Waals surface area contributed by atoms with Gasteiger partial charge in [-0.2, -0.15) is 0 Å². The molecule has 3 aromatic heterocycles. The van der Waals surface area contributed by atoms with Gasteiger partial charge in [-0.3, -0.25) is 0 Å². The number of nitrogens with zero attached hydrogens (tertiary/aromatic N) is 2. The monoisotopic (exact) mass is 1110 g/mol. The molecule has 10 rings (SSSR count). The predicted molar refractivity (Wildman–Crippen MR) is 296 cm³/mol. The van der Waals surface area contributed by atoms with E-state index in [1.807, 2.05) is 6.20 Å². The number of fused-ring (bicyclic) bond motifs is 3. The van der Waals surface area contributed by atoms with Crippen LogP contribution in [-0.4, -0.2) is 18.0 Å². The number of rotatable bonds is 9. The molecular formula is C65H62IrN2OSi-2. The number of hydrogen-bond acceptors (Lipinski definition) is 3. The van der Waals surface area contributed by atoms with E-state index in [0.29, 0.717) is 5.92 Å². The van der Waals surface area contributed by atoms with Crippen molar-refractivity contribution in [2.24, 2.45) is 5.92 Å². The summed E-state index contributed by atoms with van der Waals surface area (Å²) in [6.45, 7) is 22.8. The summed E-state index contributed by atoms with van der Waals surface area (Å²) < 4.78 is 6.53. The van der Waals surface area contributed by atoms with Gasteiger partial charge < -0.3 is 14.4 Å². The van der Waals surface area contributed by atoms with Gasteiger partial charge in [0.15, 0.2) is 0 Å². The molecule has 0 aliphatic heterocycles. The molecule has 3 heterocycles. The van der Waals surface area contributed by atoms with E-state index in [1.165, 1.54) is 66.4 Å². The number of benzene rings is 7. The van der Waals surface area contributed by atoms with E-state index in [4.69, 9.17) is 9.40 Å². The molecular weight excluding hydrogens is 1050 g/mol. The summed E-state index contributed by atoms with van der Waals surface area (Å²) in [6.07, 6.45) is 5.11. The molecule has 0 saturated carbocycles. The maximum absolute atomic E-state index is 6.53. The second-order valence-electron chi connectivity index (χ2n) is 20.9. The molecule has 10 aromatic rings. The minimum atomic E-state index is -1.46. The van der Waals surface area contributed by atoms with Crippen LogP contribution in [0.5, 0.6) is 0 Å². The van der Waals surface area contributed by atoms with Crippen LogP contribution in [0.2, 0.25) is 19.6 Å². The zero-order chi connectivity index (χ0) is 48.5. The Kier molecular flexibility index (Phi) is 14.9. The molecule has 1 radical (unpaired) electrons. The van der Waals surface area contributed by atoms with Gasteiger partial charge >= 0.3 is 0 Å². The van der Waals surface area contributed by atoms with Gasteiger partial charge in [-0.1, -0.05) is 209 Å². The molecule has 70 heavy (non-hydrogen) atoms. The van der Waals surface area contributed by atoms with Gasteiger partial charge in [0.2, 0.25) is 0 Å². The number of aromatic nitrogens is 2. The largest absolute Gasteiger partial charge is 0.476 e. The number of hydrogen-bond donors (Lipinski definition) is 0. The van der Waals surface area contributed by atoms with Crippen molar-refractivity contribution < 1.29 is 24.5 Å². The van der Waals surface area contributed by atoms with Crippen molar-refractivity contribution in [1.29, 1.82) is 0 Å². The number of aryl methyl sites for hydroxylation is 2. The molecule has 5 heteroatoms. The average Bonchev–Trinajstić information content (AvgIpc) is 3.72. The van der Waals surface area contributed by atoms with Crippen molar-refractivity contribution >= 4 is 35.2 Å². The van der Waals surface area contributed by atoms with Crippen LogP contribution < -0.4 is 5.19 Å². The van der Waals surface area contributed by atoms with Gasteiger partial charge in [0.05, 0.1) is 13.7 Å². The SMILES string of the molecule is CC(C)Cc1cc(-c2[c-]cc(-c3ccccc3)c(-c3ccccc3)c2)ncc1[Si](C)(C)C.Cc1ccccc1-c1cc(-c2ccccc2C)c2c(c1)oc1[c-]c(-c3cc(C(C)(C)C)ccn3)ccc12.[Ir]. The fourth-order valence-electron chi connectivity index (χ4n) is 9.45. The number of pyridine rings is 2. The molecule has 353 valence electrons. The molecule has 0 N–H and O–H groups in total. The minimum absolute atomic E-state index is 0. The fraction of sp³-hybridized carbons (Fsp3) is 0.200. The summed E-state index contributed by atoms with van der Waals surface area (Å²) in [4.78, 5) is 9.58. The summed E-state index contributed by atoms with van der Waals surface area (Å²) in [5.74, 6) is 0.615. The van der Waals surface area contributed by atoms with E-state index in [-0.39, 0.29) is 25.5 Å². The third kappa shape index (κ3) is 10.8. The summed E-state index contributed by atoms with van der Waals surface area (Å²) in [5, 5.41) is 3.67. The second kappa shape index (κ2) is 20.8. The maximum atomic E-state index is 6.53. The van der Waals surface area contributed by atoms with E-state index in [1.54, 1.807) is 0 Å². The molecule has 0 aliphatic carbocycles. The fourth-order valence-corrected chi connectivity index (χ4v) is 11.0. The van der Waals surface area contributed by atoms with Crippen LogP contribution in [0.25, 0.3) is 89.0 Å². The van der Waals surface area contributed by atoms with Crippen LogP contribution >= 0.6 is 0 Å². The summed E-state index contributed by atoms with van der Waals surface area (Å²) in [6, 6.07) is 65.1. The zero-order valence-electron chi connectivity index (χ0n) is 42.2. The number of furan rings is 1. The molecule has 3 nitrogen and oxygen atoms in total. The van der Waals surface area contributed by atoms with Gasteiger partial charge in [0, 0.05) is 32.5 Å². The maximum Gasteiger partial charge on any atom is 0.124 e. The van der Waals surface area contributed by atoms with Crippen LogP contribution in [0.4, 0.5) is 0 Å². The normalized spacial score (nSPS) is 11.6. The zero-order valence-corrected chi connectivity index (χ0v) is 45.6. The molecule has 0 atom stereocenters. The van der Waals surface area contributed by atoms with Gasteiger partial charge in [-0.25, -0.2) is 0 Å². The van der Waals surface area contributed by atoms with Gasteiger partial charge in [0.1, 0.15) is 5.58 Å². The summed E-state index contributed by atoms with van der Waals surface area (Å²) in [7, 11) is -1.46. The first kappa shape index (κ1) is 49.9. The molecule has 0 saturated heterocycles. The first-order valence-corrected chi connectivity index (χ1v) is 27.8. The average molecular weight is 1110 g/mol. The van der Waals surface area contributed by atoms with Crippen LogP contribution in [0, 0.1) is 31.9 Å². The molecule has 0 unspecified atom stereocenters. The van der Waals surface area contributed by atoms with Crippen LogP contribution in [0.15, 0.2) is 181 Å². The smallest absolute Gasteiger partial charge is 0.124 e. The first-order valence-electron chi connectivity index (χ1n) is 24.3. The Morgan fingerprint density at radius 3 is 1.83 bits per heavy atom. The van der Waals surface area contributed by atoms with Crippen molar-refractivity contribution in [3.8, 4) is 67.0 Å². The van der Waals surface area contributed by atoms with Crippen LogP contribution in [0.3, 0.4) is 0 Å². The first-order chi connectivity index (χ1) is 33.1. The van der Waals surface area contributed by atoms with Crippen molar-refractivity contribution in [1.82, 2.24) is 9.97 Å². The predicted octanol–water partition coefficient (Wildman–Crippen LogP) is 17.3. The third-order valence-electron chi connectivity index (χ3n) is 13.1.